The van der Waals surface area contributed by atoms with Crippen molar-refractivity contribution < 1.29 is 13.9 Å². The fourth-order valence-electron chi connectivity index (χ4n) is 6.39. The van der Waals surface area contributed by atoms with Crippen LogP contribution in [0.5, 0.6) is 6.01 Å². The van der Waals surface area contributed by atoms with Crippen molar-refractivity contribution in [3.8, 4) is 12.1 Å². The minimum absolute atomic E-state index is 0.101. The van der Waals surface area contributed by atoms with E-state index in [2.05, 4.69) is 35.6 Å². The molecule has 3 atom stereocenters. The Hall–Kier alpha value is -3.22. The lowest BCUT2D eigenvalue weighted by atomic mass is 9.83. The van der Waals surface area contributed by atoms with Crippen LogP contribution in [0.4, 0.5) is 10.2 Å². The van der Waals surface area contributed by atoms with Gasteiger partial charge in [0.15, 0.2) is 5.83 Å². The molecule has 10 heteroatoms. The molecule has 3 heterocycles. The highest BCUT2D eigenvalue weighted by Crippen LogP contribution is 2.35. The fourth-order valence-corrected chi connectivity index (χ4v) is 6.62. The molecule has 5 rings (SSSR count). The number of anilines is 1. The van der Waals surface area contributed by atoms with Crippen LogP contribution in [0.15, 0.2) is 36.7 Å². The lowest BCUT2D eigenvalue weighted by Gasteiger charge is -2.42. The molecule has 1 amide bonds. The van der Waals surface area contributed by atoms with Gasteiger partial charge >= 0.3 is 6.01 Å². The first-order valence-electron chi connectivity index (χ1n) is 14.6. The number of ether oxygens (including phenoxy) is 1. The van der Waals surface area contributed by atoms with Gasteiger partial charge in [0.25, 0.3) is 5.91 Å². The zero-order valence-corrected chi connectivity index (χ0v) is 24.5. The van der Waals surface area contributed by atoms with Gasteiger partial charge in [-0.1, -0.05) is 36.4 Å². The van der Waals surface area contributed by atoms with Gasteiger partial charge in [0.2, 0.25) is 0 Å². The van der Waals surface area contributed by atoms with E-state index in [1.165, 1.54) is 10.5 Å². The highest BCUT2D eigenvalue weighted by atomic mass is 35.5. The van der Waals surface area contributed by atoms with E-state index >= 15 is 0 Å². The Kier molecular flexibility index (Phi) is 9.41. The number of hydrogen-bond acceptors (Lipinski definition) is 7. The smallest absolute Gasteiger partial charge is 0.318 e. The largest absolute Gasteiger partial charge is 0.462 e. The third-order valence-electron chi connectivity index (χ3n) is 8.79. The van der Waals surface area contributed by atoms with Crippen molar-refractivity contribution in [3.63, 3.8) is 0 Å². The summed E-state index contributed by atoms with van der Waals surface area (Å²) in [5.74, 6) is -0.480. The maximum absolute atomic E-state index is 13.7. The van der Waals surface area contributed by atoms with Crippen molar-refractivity contribution in [2.45, 2.75) is 63.5 Å². The first-order chi connectivity index (χ1) is 19.8. The predicted molar refractivity (Wildman–Crippen MR) is 157 cm³/mol. The molecular weight excluding hydrogens is 543 g/mol. The number of hydrogen-bond donors (Lipinski definition) is 0. The van der Waals surface area contributed by atoms with E-state index in [-0.39, 0.29) is 13.0 Å². The van der Waals surface area contributed by atoms with Crippen LogP contribution in [0.3, 0.4) is 0 Å². The van der Waals surface area contributed by atoms with Crippen molar-refractivity contribution in [1.29, 1.82) is 5.26 Å². The molecule has 0 bridgehead atoms. The summed E-state index contributed by atoms with van der Waals surface area (Å²) in [5, 5.41) is 10.3. The Morgan fingerprint density at radius 3 is 2.78 bits per heavy atom. The Labute approximate surface area is 246 Å². The molecular formula is C31H38ClFN6O2. The van der Waals surface area contributed by atoms with Crippen LogP contribution < -0.4 is 9.64 Å². The maximum atomic E-state index is 13.7. The van der Waals surface area contributed by atoms with Crippen LogP contribution in [0, 0.1) is 17.2 Å². The number of likely N-dealkylation sites (tertiary alicyclic amines) is 1. The number of benzene rings is 1. The number of fused-ring (bicyclic) bond motifs is 1. The molecule has 218 valence electrons. The highest BCUT2D eigenvalue weighted by molar-refractivity contribution is 6.31. The Balaban J connectivity index is 1.38. The number of aryl methyl sites for hydroxylation is 1. The molecule has 2 fully saturated rings. The zero-order chi connectivity index (χ0) is 28.9. The van der Waals surface area contributed by atoms with Gasteiger partial charge in [-0.15, -0.1) is 0 Å². The highest BCUT2D eigenvalue weighted by Gasteiger charge is 2.35. The molecule has 2 saturated heterocycles. The third-order valence-corrected chi connectivity index (χ3v) is 9.16. The van der Waals surface area contributed by atoms with Crippen molar-refractivity contribution in [2.75, 3.05) is 44.7 Å². The SMILES string of the molecule is C=C(F)C(=O)N1CCN(c2nc(OCC3CCCN3C)nc3c2CCC(CCc2ccccc2Cl)C3)CC1CC#N. The van der Waals surface area contributed by atoms with E-state index in [0.29, 0.717) is 37.7 Å². The monoisotopic (exact) mass is 580 g/mol. The number of nitrogens with zero attached hydrogens (tertiary/aromatic N) is 6. The number of piperazine rings is 1. The molecule has 1 aromatic carbocycles. The van der Waals surface area contributed by atoms with Crippen molar-refractivity contribution in [3.05, 3.63) is 58.5 Å². The second-order valence-corrected chi connectivity index (χ2v) is 11.9. The number of rotatable bonds is 9. The number of likely N-dealkylation sites (N-methyl/N-ethyl adjacent to an activating group) is 1. The van der Waals surface area contributed by atoms with E-state index in [9.17, 15) is 14.4 Å². The first kappa shape index (κ1) is 29.3. The minimum Gasteiger partial charge on any atom is -0.462 e. The molecule has 1 aromatic heterocycles. The summed E-state index contributed by atoms with van der Waals surface area (Å²) in [6.07, 6.45) is 6.97. The first-order valence-corrected chi connectivity index (χ1v) is 14.9. The Bertz CT molecular complexity index is 1320. The number of carbonyl (C=O) groups excluding carboxylic acids is 1. The van der Waals surface area contributed by atoms with Gasteiger partial charge in [-0.3, -0.25) is 4.79 Å². The summed E-state index contributed by atoms with van der Waals surface area (Å²) in [6, 6.07) is 10.4. The van der Waals surface area contributed by atoms with E-state index in [1.54, 1.807) is 0 Å². The van der Waals surface area contributed by atoms with Crippen molar-refractivity contribution in [2.24, 2.45) is 5.92 Å². The van der Waals surface area contributed by atoms with Crippen molar-refractivity contribution in [1.82, 2.24) is 19.8 Å². The van der Waals surface area contributed by atoms with Crippen LogP contribution >= 0.6 is 11.6 Å². The van der Waals surface area contributed by atoms with Gasteiger partial charge < -0.3 is 19.4 Å². The van der Waals surface area contributed by atoms with Gasteiger partial charge in [-0.25, -0.2) is 4.39 Å². The Morgan fingerprint density at radius 2 is 2.05 bits per heavy atom. The fraction of sp³-hybridized carbons (Fsp3) is 0.548. The normalized spacial score (nSPS) is 22.7. The van der Waals surface area contributed by atoms with Gasteiger partial charge in [0.05, 0.1) is 24.2 Å². The number of carbonyl (C=O) groups is 1. The second-order valence-electron chi connectivity index (χ2n) is 11.4. The lowest BCUT2D eigenvalue weighted by molar-refractivity contribution is -0.131. The molecule has 8 nitrogen and oxygen atoms in total. The van der Waals surface area contributed by atoms with Crippen LogP contribution in [0.2, 0.25) is 5.02 Å². The quantitative estimate of drug-likeness (QED) is 0.396. The molecule has 0 saturated carbocycles. The Morgan fingerprint density at radius 1 is 1.22 bits per heavy atom. The average molecular weight is 581 g/mol. The maximum Gasteiger partial charge on any atom is 0.318 e. The molecule has 0 radical (unpaired) electrons. The van der Waals surface area contributed by atoms with E-state index in [1.807, 2.05) is 18.2 Å². The van der Waals surface area contributed by atoms with Crippen LogP contribution in [0.25, 0.3) is 0 Å². The number of nitriles is 1. The molecule has 2 aromatic rings. The summed E-state index contributed by atoms with van der Waals surface area (Å²) in [7, 11) is 2.12. The van der Waals surface area contributed by atoms with E-state index in [0.717, 1.165) is 73.6 Å². The number of aromatic nitrogens is 2. The summed E-state index contributed by atoms with van der Waals surface area (Å²) < 4.78 is 19.9. The van der Waals surface area contributed by atoms with E-state index in [4.69, 9.17) is 26.3 Å². The van der Waals surface area contributed by atoms with E-state index < -0.39 is 17.8 Å². The van der Waals surface area contributed by atoms with Crippen LogP contribution in [-0.4, -0.2) is 77.6 Å². The molecule has 0 N–H and O–H groups in total. The minimum atomic E-state index is -1.00. The molecule has 3 unspecified atom stereocenters. The molecule has 2 aliphatic heterocycles. The van der Waals surface area contributed by atoms with Crippen molar-refractivity contribution >= 4 is 23.3 Å². The number of halogens is 2. The topological polar surface area (TPSA) is 85.6 Å². The lowest BCUT2D eigenvalue weighted by Crippen LogP contribution is -2.55. The van der Waals surface area contributed by atoms with Crippen LogP contribution in [0.1, 0.15) is 48.9 Å². The average Bonchev–Trinajstić information content (AvgIpc) is 3.39. The summed E-state index contributed by atoms with van der Waals surface area (Å²) in [6.45, 7) is 5.92. The summed E-state index contributed by atoms with van der Waals surface area (Å²) >= 11 is 6.41. The molecule has 0 spiro atoms. The standard InChI is InChI=1S/C31H38ClFN6O2/c1-21(33)30(40)39-17-16-38(19-24(39)13-14-34)29-26-12-10-22(9-11-23-6-3-4-8-27(23)32)18-28(26)35-31(36-29)41-20-25-7-5-15-37(25)2/h3-4,6,8,22,24-25H,1,5,7,9-13,15-20H2,2H3. The summed E-state index contributed by atoms with van der Waals surface area (Å²) in [5.41, 5.74) is 3.28. The molecule has 3 aliphatic rings. The number of amides is 1. The van der Waals surface area contributed by atoms with Gasteiger partial charge in [0, 0.05) is 36.3 Å². The predicted octanol–water partition coefficient (Wildman–Crippen LogP) is 4.75. The second kappa shape index (κ2) is 13.2. The third kappa shape index (κ3) is 6.82. The zero-order valence-electron chi connectivity index (χ0n) is 23.7. The molecule has 1 aliphatic carbocycles. The van der Waals surface area contributed by atoms with Gasteiger partial charge in [-0.05, 0) is 76.1 Å². The van der Waals surface area contributed by atoms with Crippen LogP contribution in [-0.2, 0) is 24.1 Å². The summed E-state index contributed by atoms with van der Waals surface area (Å²) in [4.78, 5) is 28.1. The van der Waals surface area contributed by atoms with Gasteiger partial charge in [-0.2, -0.15) is 15.2 Å². The van der Waals surface area contributed by atoms with Gasteiger partial charge in [0.1, 0.15) is 12.4 Å². The molecule has 41 heavy (non-hydrogen) atoms.